The van der Waals surface area contributed by atoms with Crippen LogP contribution in [0.5, 0.6) is 0 Å². The fourth-order valence-electron chi connectivity index (χ4n) is 1.19. The molecule has 0 atom stereocenters. The number of nitrogens with two attached hydrogens (primary N) is 1. The largest absolute Gasteiger partial charge is 0.375 e. The average Bonchev–Trinajstić information content (AvgIpc) is 2.29. The van der Waals surface area contributed by atoms with Crippen molar-refractivity contribution in [3.8, 4) is 0 Å². The van der Waals surface area contributed by atoms with Crippen molar-refractivity contribution in [2.45, 2.75) is 6.92 Å². The number of rotatable bonds is 6. The number of para-hydroxylation sites is 1. The second-order valence-electron chi connectivity index (χ2n) is 3.77. The van der Waals surface area contributed by atoms with Gasteiger partial charge < -0.3 is 15.8 Å². The minimum atomic E-state index is 0. The molecule has 0 aliphatic rings. The Bertz CT molecular complexity index is 379. The molecular weight excluding hydrogens is 341 g/mol. The molecule has 1 aromatic rings. The second-order valence-corrected chi connectivity index (χ2v) is 3.77. The Balaban J connectivity index is 0.00000289. The lowest BCUT2D eigenvalue weighted by Gasteiger charge is -2.05. The summed E-state index contributed by atoms with van der Waals surface area (Å²) in [4.78, 5) is 4.14. The fourth-order valence-corrected chi connectivity index (χ4v) is 1.19. The Kier molecular flexibility index (Phi) is 9.31. The van der Waals surface area contributed by atoms with Crippen molar-refractivity contribution in [3.63, 3.8) is 0 Å². The average molecular weight is 361 g/mol. The van der Waals surface area contributed by atoms with Crippen molar-refractivity contribution in [2.24, 2.45) is 10.7 Å². The minimum absolute atomic E-state index is 0. The number of nitrogens with one attached hydrogen (secondary N) is 1. The van der Waals surface area contributed by atoms with Gasteiger partial charge in [-0.1, -0.05) is 30.4 Å². The van der Waals surface area contributed by atoms with E-state index in [1.54, 1.807) is 0 Å². The molecule has 0 bridgehead atoms. The number of aliphatic imine (C=N–C) groups is 1. The summed E-state index contributed by atoms with van der Waals surface area (Å²) >= 11 is 0. The molecule has 0 unspecified atom stereocenters. The molecule has 0 aliphatic carbocycles. The van der Waals surface area contributed by atoms with Gasteiger partial charge in [-0.15, -0.1) is 24.0 Å². The van der Waals surface area contributed by atoms with E-state index in [1.165, 1.54) is 0 Å². The number of hydrogen-bond acceptors (Lipinski definition) is 2. The van der Waals surface area contributed by atoms with Crippen LogP contribution >= 0.6 is 24.0 Å². The molecule has 0 heterocycles. The molecule has 0 spiro atoms. The van der Waals surface area contributed by atoms with E-state index in [1.807, 2.05) is 37.3 Å². The smallest absolute Gasteiger partial charge is 0.193 e. The van der Waals surface area contributed by atoms with E-state index in [2.05, 4.69) is 16.9 Å². The first kappa shape index (κ1) is 16.9. The number of halogens is 1. The van der Waals surface area contributed by atoms with Crippen molar-refractivity contribution in [1.82, 2.24) is 0 Å². The van der Waals surface area contributed by atoms with Gasteiger partial charge in [0.15, 0.2) is 5.96 Å². The quantitative estimate of drug-likeness (QED) is 0.269. The van der Waals surface area contributed by atoms with Crippen LogP contribution in [0.15, 0.2) is 47.5 Å². The molecule has 0 saturated carbocycles. The van der Waals surface area contributed by atoms with E-state index >= 15 is 0 Å². The number of nitrogens with zero attached hydrogens (tertiary/aromatic N) is 1. The Morgan fingerprint density at radius 1 is 1.39 bits per heavy atom. The Morgan fingerprint density at radius 2 is 2.06 bits per heavy atom. The van der Waals surface area contributed by atoms with Gasteiger partial charge in [-0.2, -0.15) is 0 Å². The number of benzene rings is 1. The Morgan fingerprint density at radius 3 is 2.67 bits per heavy atom. The molecular formula is C13H20IN3O. The highest BCUT2D eigenvalue weighted by Crippen LogP contribution is 2.03. The van der Waals surface area contributed by atoms with Crippen molar-refractivity contribution in [2.75, 3.05) is 25.1 Å². The summed E-state index contributed by atoms with van der Waals surface area (Å²) in [6.07, 6.45) is 0. The van der Waals surface area contributed by atoms with Crippen LogP contribution in [0.1, 0.15) is 6.92 Å². The first-order valence-corrected chi connectivity index (χ1v) is 5.52. The lowest BCUT2D eigenvalue weighted by Crippen LogP contribution is -2.23. The maximum absolute atomic E-state index is 5.71. The van der Waals surface area contributed by atoms with Gasteiger partial charge in [0.25, 0.3) is 0 Å². The van der Waals surface area contributed by atoms with E-state index in [9.17, 15) is 0 Å². The van der Waals surface area contributed by atoms with Gasteiger partial charge in [0.05, 0.1) is 19.8 Å². The van der Waals surface area contributed by atoms with Crippen LogP contribution in [0.3, 0.4) is 0 Å². The summed E-state index contributed by atoms with van der Waals surface area (Å²) in [7, 11) is 0. The molecule has 0 aromatic heterocycles. The van der Waals surface area contributed by atoms with E-state index < -0.39 is 0 Å². The van der Waals surface area contributed by atoms with Gasteiger partial charge in [0, 0.05) is 5.69 Å². The number of guanidine groups is 1. The molecule has 0 fully saturated rings. The number of ether oxygens (including phenoxy) is 1. The molecule has 1 rings (SSSR count). The van der Waals surface area contributed by atoms with Crippen molar-refractivity contribution >= 4 is 35.6 Å². The summed E-state index contributed by atoms with van der Waals surface area (Å²) < 4.78 is 5.31. The van der Waals surface area contributed by atoms with Gasteiger partial charge in [-0.25, -0.2) is 0 Å². The molecule has 5 heteroatoms. The standard InChI is InChI=1S/C13H19N3O.HI/c1-11(2)10-17-9-8-15-13(14)16-12-6-4-3-5-7-12;/h3-7H,1,8-10H2,2H3,(H3,14,15,16);1H. The summed E-state index contributed by atoms with van der Waals surface area (Å²) in [5, 5.41) is 3.00. The lowest BCUT2D eigenvalue weighted by atomic mass is 10.3. The molecule has 1 aromatic carbocycles. The van der Waals surface area contributed by atoms with Crippen molar-refractivity contribution in [3.05, 3.63) is 42.5 Å². The zero-order valence-electron chi connectivity index (χ0n) is 10.6. The zero-order chi connectivity index (χ0) is 12.5. The third kappa shape index (κ3) is 8.08. The molecule has 100 valence electrons. The van der Waals surface area contributed by atoms with E-state index in [0.29, 0.717) is 25.7 Å². The molecule has 4 nitrogen and oxygen atoms in total. The van der Waals surface area contributed by atoms with E-state index in [-0.39, 0.29) is 24.0 Å². The third-order valence-electron chi connectivity index (χ3n) is 1.91. The summed E-state index contributed by atoms with van der Waals surface area (Å²) in [6, 6.07) is 9.68. The normalized spacial score (nSPS) is 10.6. The highest BCUT2D eigenvalue weighted by atomic mass is 127. The summed E-state index contributed by atoms with van der Waals surface area (Å²) in [6.45, 7) is 7.33. The number of anilines is 1. The summed E-state index contributed by atoms with van der Waals surface area (Å²) in [5.74, 6) is 0.398. The zero-order valence-corrected chi connectivity index (χ0v) is 12.9. The topological polar surface area (TPSA) is 59.6 Å². The third-order valence-corrected chi connectivity index (χ3v) is 1.91. The first-order chi connectivity index (χ1) is 8.18. The highest BCUT2D eigenvalue weighted by molar-refractivity contribution is 14.0. The maximum Gasteiger partial charge on any atom is 0.193 e. The SMILES string of the molecule is C=C(C)COCCN=C(N)Nc1ccccc1.I. The molecule has 0 saturated heterocycles. The van der Waals surface area contributed by atoms with Crippen LogP contribution in [0.25, 0.3) is 0 Å². The summed E-state index contributed by atoms with van der Waals surface area (Å²) in [5.41, 5.74) is 7.64. The molecule has 3 N–H and O–H groups in total. The highest BCUT2D eigenvalue weighted by Gasteiger charge is 1.93. The second kappa shape index (κ2) is 9.90. The molecule has 0 radical (unpaired) electrons. The van der Waals surface area contributed by atoms with E-state index in [4.69, 9.17) is 10.5 Å². The monoisotopic (exact) mass is 361 g/mol. The predicted molar refractivity (Wildman–Crippen MR) is 87.6 cm³/mol. The van der Waals surface area contributed by atoms with Gasteiger partial charge >= 0.3 is 0 Å². The van der Waals surface area contributed by atoms with Gasteiger partial charge in [-0.05, 0) is 19.1 Å². The minimum Gasteiger partial charge on any atom is -0.375 e. The fraction of sp³-hybridized carbons (Fsp3) is 0.308. The Hall–Kier alpha value is -1.08. The van der Waals surface area contributed by atoms with E-state index in [0.717, 1.165) is 11.3 Å². The maximum atomic E-state index is 5.71. The van der Waals surface area contributed by atoms with Crippen molar-refractivity contribution < 1.29 is 4.74 Å². The molecule has 0 amide bonds. The Labute approximate surface area is 125 Å². The molecule has 0 aliphatic heterocycles. The predicted octanol–water partition coefficient (Wildman–Crippen LogP) is 2.62. The van der Waals surface area contributed by atoms with Crippen LogP contribution in [-0.2, 0) is 4.74 Å². The van der Waals surface area contributed by atoms with Crippen LogP contribution < -0.4 is 11.1 Å². The van der Waals surface area contributed by atoms with Gasteiger partial charge in [0.1, 0.15) is 0 Å². The molecule has 18 heavy (non-hydrogen) atoms. The van der Waals surface area contributed by atoms with Crippen LogP contribution in [0.2, 0.25) is 0 Å². The lowest BCUT2D eigenvalue weighted by molar-refractivity contribution is 0.165. The van der Waals surface area contributed by atoms with Gasteiger partial charge in [-0.3, -0.25) is 4.99 Å². The number of hydrogen-bond donors (Lipinski definition) is 2. The van der Waals surface area contributed by atoms with Crippen molar-refractivity contribution in [1.29, 1.82) is 0 Å². The van der Waals surface area contributed by atoms with Gasteiger partial charge in [0.2, 0.25) is 0 Å². The first-order valence-electron chi connectivity index (χ1n) is 5.52. The van der Waals surface area contributed by atoms with Crippen LogP contribution in [0.4, 0.5) is 5.69 Å². The van der Waals surface area contributed by atoms with Crippen LogP contribution in [-0.4, -0.2) is 25.7 Å². The van der Waals surface area contributed by atoms with Crippen LogP contribution in [0, 0.1) is 0 Å².